The van der Waals surface area contributed by atoms with Crippen molar-refractivity contribution in [2.75, 3.05) is 0 Å². The zero-order valence-electron chi connectivity index (χ0n) is 25.0. The number of nitrogens with zero attached hydrogens (tertiary/aromatic N) is 1. The predicted octanol–water partition coefficient (Wildman–Crippen LogP) is 10.7. The van der Waals surface area contributed by atoms with Crippen molar-refractivity contribution in [2.24, 2.45) is 0 Å². The average Bonchev–Trinajstić information content (AvgIpc) is 3.71. The number of furan rings is 2. The van der Waals surface area contributed by atoms with Crippen LogP contribution < -0.4 is 0 Å². The summed E-state index contributed by atoms with van der Waals surface area (Å²) in [5, 5.41) is 6.83. The maximum Gasteiger partial charge on any atom is 0.169 e. The van der Waals surface area contributed by atoms with Crippen LogP contribution in [0.1, 0.15) is 36.5 Å². The molecule has 211 valence electrons. The molecule has 0 saturated carbocycles. The highest BCUT2D eigenvalue weighted by Crippen LogP contribution is 2.50. The zero-order chi connectivity index (χ0) is 29.9. The summed E-state index contributed by atoms with van der Waals surface area (Å²) < 4.78 is 13.3. The maximum atomic E-state index is 6.65. The zero-order valence-corrected chi connectivity index (χ0v) is 25.0. The molecule has 1 unspecified atom stereocenters. The summed E-state index contributed by atoms with van der Waals surface area (Å²) in [6.45, 7) is 4.60. The Bertz CT molecular complexity index is 2530. The molecule has 45 heavy (non-hydrogen) atoms. The molecule has 1 radical (unpaired) electrons. The van der Waals surface area contributed by atoms with Crippen LogP contribution in [0.5, 0.6) is 0 Å². The molecule has 0 spiro atoms. The van der Waals surface area contributed by atoms with Gasteiger partial charge >= 0.3 is 0 Å². The van der Waals surface area contributed by atoms with Crippen molar-refractivity contribution < 1.29 is 8.83 Å². The number of rotatable bonds is 2. The first-order valence-electron chi connectivity index (χ1n) is 15.6. The van der Waals surface area contributed by atoms with E-state index in [9.17, 15) is 0 Å². The van der Waals surface area contributed by atoms with Crippen LogP contribution in [-0.2, 0) is 5.41 Å². The lowest BCUT2D eigenvalue weighted by molar-refractivity contribution is 0.651. The summed E-state index contributed by atoms with van der Waals surface area (Å²) in [5.74, 6) is 0.125. The Kier molecular flexibility index (Phi) is 4.93. The van der Waals surface area contributed by atoms with E-state index in [0.29, 0.717) is 0 Å². The van der Waals surface area contributed by atoms with Crippen LogP contribution in [0.15, 0.2) is 136 Å². The van der Waals surface area contributed by atoms with Crippen LogP contribution in [0.25, 0.3) is 71.2 Å². The molecule has 3 aromatic heterocycles. The smallest absolute Gasteiger partial charge is 0.169 e. The molecule has 3 nitrogen and oxygen atoms in total. The lowest BCUT2D eigenvalue weighted by Crippen LogP contribution is -2.19. The molecular weight excluding hydrogens is 549 g/mol. The molecule has 5 aromatic carbocycles. The molecule has 0 N–H and O–H groups in total. The molecule has 1 atom stereocenters. The van der Waals surface area contributed by atoms with E-state index in [1.807, 2.05) is 36.5 Å². The molecular formula is C41H27BNO2. The number of aromatic nitrogens is 1. The second-order valence-electron chi connectivity index (χ2n) is 12.9. The fraction of sp³-hybridized carbons (Fsp3) is 0.0976. The lowest BCUT2D eigenvalue weighted by Gasteiger charge is -2.26. The number of hydrogen-bond acceptors (Lipinski definition) is 3. The molecule has 0 saturated heterocycles. The molecule has 0 fully saturated rings. The van der Waals surface area contributed by atoms with Gasteiger partial charge in [0.05, 0.1) is 11.3 Å². The Morgan fingerprint density at radius 1 is 0.667 bits per heavy atom. The van der Waals surface area contributed by atoms with E-state index in [1.165, 1.54) is 32.9 Å². The molecule has 0 amide bonds. The fourth-order valence-electron chi connectivity index (χ4n) is 7.94. The minimum absolute atomic E-state index is 0.0635. The second kappa shape index (κ2) is 8.86. The molecule has 2 aliphatic rings. The van der Waals surface area contributed by atoms with E-state index in [4.69, 9.17) is 13.8 Å². The van der Waals surface area contributed by atoms with Crippen molar-refractivity contribution in [1.29, 1.82) is 0 Å². The predicted molar refractivity (Wildman–Crippen MR) is 186 cm³/mol. The standard InChI is InChI=1S/C41H27BNO2/c1-41(2)31-19-20-33(42-37(31)38-32(41)14-9-21-43-38)25-17-18-28(24-11-4-3-10-23(24)25)36-39-29(26-12-5-7-15-34(26)44-39)22-30-27-13-6-8-16-35(27)45-40(30)36/h3-22,33H,1-2H3. The third-order valence-electron chi connectivity index (χ3n) is 10.1. The summed E-state index contributed by atoms with van der Waals surface area (Å²) in [4.78, 5) is 4.83. The third kappa shape index (κ3) is 3.34. The monoisotopic (exact) mass is 576 g/mol. The first kappa shape index (κ1) is 25.0. The number of benzene rings is 5. The SMILES string of the molecule is CC1(C)C2=C([B]C(c3ccc(-c4c5oc6ccccc6c5cc5c4oc4ccccc45)c4ccccc34)C=C2)c2ncccc21. The van der Waals surface area contributed by atoms with E-state index >= 15 is 0 Å². The maximum absolute atomic E-state index is 6.65. The Balaban J connectivity index is 1.21. The van der Waals surface area contributed by atoms with Gasteiger partial charge in [0.1, 0.15) is 22.3 Å². The lowest BCUT2D eigenvalue weighted by atomic mass is 9.52. The van der Waals surface area contributed by atoms with Gasteiger partial charge in [-0.15, -0.1) is 0 Å². The highest BCUT2D eigenvalue weighted by Gasteiger charge is 2.39. The van der Waals surface area contributed by atoms with Crippen LogP contribution in [-0.4, -0.2) is 12.3 Å². The summed E-state index contributed by atoms with van der Waals surface area (Å²) >= 11 is 0. The van der Waals surface area contributed by atoms with E-state index in [1.54, 1.807) is 0 Å². The second-order valence-corrected chi connectivity index (χ2v) is 12.9. The van der Waals surface area contributed by atoms with Gasteiger partial charge in [-0.2, -0.15) is 0 Å². The van der Waals surface area contributed by atoms with E-state index in [2.05, 4.69) is 106 Å². The Morgan fingerprint density at radius 3 is 2.02 bits per heavy atom. The van der Waals surface area contributed by atoms with Gasteiger partial charge in [0.25, 0.3) is 0 Å². The van der Waals surface area contributed by atoms with Crippen LogP contribution in [0.4, 0.5) is 0 Å². The quantitative estimate of drug-likeness (QED) is 0.192. The molecule has 8 aromatic rings. The van der Waals surface area contributed by atoms with Crippen LogP contribution in [0, 0.1) is 0 Å². The Morgan fingerprint density at radius 2 is 1.31 bits per heavy atom. The largest absolute Gasteiger partial charge is 0.455 e. The average molecular weight is 576 g/mol. The van der Waals surface area contributed by atoms with Gasteiger partial charge in [-0.25, -0.2) is 0 Å². The van der Waals surface area contributed by atoms with Gasteiger partial charge in [-0.1, -0.05) is 110 Å². The molecule has 4 heterocycles. The first-order valence-corrected chi connectivity index (χ1v) is 15.6. The summed E-state index contributed by atoms with van der Waals surface area (Å²) in [7, 11) is 2.41. The Hall–Kier alpha value is -5.35. The topological polar surface area (TPSA) is 39.2 Å². The van der Waals surface area contributed by atoms with Crippen LogP contribution in [0.3, 0.4) is 0 Å². The molecule has 10 rings (SSSR count). The fourth-order valence-corrected chi connectivity index (χ4v) is 7.94. The molecule has 1 aliphatic heterocycles. The number of allylic oxidation sites excluding steroid dienone is 3. The number of pyridine rings is 1. The van der Waals surface area contributed by atoms with Crippen molar-refractivity contribution in [1.82, 2.24) is 4.98 Å². The highest BCUT2D eigenvalue weighted by atomic mass is 16.3. The van der Waals surface area contributed by atoms with Crippen molar-refractivity contribution in [3.05, 3.63) is 144 Å². The normalized spacial score (nSPS) is 17.1. The highest BCUT2D eigenvalue weighted by molar-refractivity contribution is 6.64. The summed E-state index contributed by atoms with van der Waals surface area (Å²) in [6, 6.07) is 36.4. The molecule has 1 aliphatic carbocycles. The van der Waals surface area contributed by atoms with Crippen molar-refractivity contribution in [3.8, 4) is 11.1 Å². The van der Waals surface area contributed by atoms with Crippen molar-refractivity contribution in [3.63, 3.8) is 0 Å². The van der Waals surface area contributed by atoms with Crippen molar-refractivity contribution >= 4 is 67.4 Å². The van der Waals surface area contributed by atoms with Crippen molar-refractivity contribution in [2.45, 2.75) is 25.1 Å². The molecule has 4 heteroatoms. The summed E-state index contributed by atoms with van der Waals surface area (Å²) in [6.07, 6.45) is 6.59. The summed E-state index contributed by atoms with van der Waals surface area (Å²) in [5.41, 5.74) is 11.8. The minimum Gasteiger partial charge on any atom is -0.455 e. The van der Waals surface area contributed by atoms with Gasteiger partial charge in [0, 0.05) is 33.2 Å². The number of para-hydroxylation sites is 2. The van der Waals surface area contributed by atoms with Gasteiger partial charge in [-0.05, 0) is 63.1 Å². The number of fused-ring (bicyclic) bond motifs is 9. The molecule has 0 bridgehead atoms. The van der Waals surface area contributed by atoms with E-state index < -0.39 is 0 Å². The van der Waals surface area contributed by atoms with Gasteiger partial charge < -0.3 is 8.83 Å². The Labute approximate surface area is 260 Å². The number of hydrogen-bond donors (Lipinski definition) is 0. The van der Waals surface area contributed by atoms with Gasteiger partial charge in [0.15, 0.2) is 7.28 Å². The minimum atomic E-state index is -0.0635. The first-order chi connectivity index (χ1) is 22.1. The van der Waals surface area contributed by atoms with Gasteiger partial charge in [-0.3, -0.25) is 4.98 Å². The van der Waals surface area contributed by atoms with Gasteiger partial charge in [0.2, 0.25) is 0 Å². The van der Waals surface area contributed by atoms with Crippen LogP contribution >= 0.6 is 0 Å². The van der Waals surface area contributed by atoms with Crippen LogP contribution in [0.2, 0.25) is 0 Å². The van der Waals surface area contributed by atoms with E-state index in [-0.39, 0.29) is 11.2 Å². The third-order valence-corrected chi connectivity index (χ3v) is 10.1. The van der Waals surface area contributed by atoms with E-state index in [0.717, 1.165) is 60.7 Å².